The fourth-order valence-corrected chi connectivity index (χ4v) is 0. The highest BCUT2D eigenvalue weighted by molar-refractivity contribution is 5.72. The van der Waals surface area contributed by atoms with Crippen LogP contribution in [0.15, 0.2) is 4.99 Å². The zero-order chi connectivity index (χ0) is 21.6. The van der Waals surface area contributed by atoms with Crippen molar-refractivity contribution < 1.29 is 24.3 Å². The second-order valence-corrected chi connectivity index (χ2v) is 3.31. The Morgan fingerprint density at radius 3 is 0.806 bits per heavy atom. The molecular weight excluding hydrogens is 396 g/mol. The van der Waals surface area contributed by atoms with Crippen molar-refractivity contribution in [1.82, 2.24) is 0 Å². The van der Waals surface area contributed by atoms with Crippen LogP contribution in [0.5, 0.6) is 0 Å². The van der Waals surface area contributed by atoms with Crippen molar-refractivity contribution in [3.63, 3.8) is 0 Å². The highest BCUT2D eigenvalue weighted by Crippen LogP contribution is 1.51. The van der Waals surface area contributed by atoms with Crippen molar-refractivity contribution in [1.29, 1.82) is 5.26 Å². The Bertz CT molecular complexity index is 278. The Kier molecular flexibility index (Phi) is 571. The summed E-state index contributed by atoms with van der Waals surface area (Å²) >= 11 is 0. The Balaban J connectivity index is -0.00000000881. The number of aldehydes is 1. The number of hydrogen-bond donors (Lipinski definition) is 1. The van der Waals surface area contributed by atoms with Gasteiger partial charge in [0, 0.05) is 20.9 Å². The second-order valence-electron chi connectivity index (χ2n) is 3.31. The van der Waals surface area contributed by atoms with Gasteiger partial charge in [0.2, 0.25) is 0 Å². The average Bonchev–Trinajstić information content (AvgIpc) is 2.40. The number of carbonyl (C=O) groups excluding carboxylic acids is 3. The number of aliphatic carboxylic acids is 1. The number of aliphatic imine (C=N–C) groups is 1. The van der Waals surface area contributed by atoms with Crippen molar-refractivity contribution >= 4 is 30.0 Å². The summed E-state index contributed by atoms with van der Waals surface area (Å²) in [4.78, 5) is 40.3. The number of nitriles is 1. The molecule has 0 spiro atoms. The van der Waals surface area contributed by atoms with Crippen molar-refractivity contribution in [2.24, 2.45) is 4.99 Å². The predicted octanol–water partition coefficient (Wildman–Crippen LogP) is 8.20. The van der Waals surface area contributed by atoms with Gasteiger partial charge in [-0.15, -0.1) is 0 Å². The van der Waals surface area contributed by atoms with Crippen molar-refractivity contribution in [2.75, 3.05) is 7.05 Å². The van der Waals surface area contributed by atoms with Gasteiger partial charge in [0.25, 0.3) is 5.97 Å². The number of carboxylic acid groups (broad SMARTS) is 1. The molecule has 0 fully saturated rings. The molecule has 0 aromatic heterocycles. The van der Waals surface area contributed by atoms with Crippen LogP contribution >= 0.6 is 0 Å². The molecule has 0 amide bonds. The molecule has 0 aliphatic carbocycles. The van der Waals surface area contributed by atoms with Gasteiger partial charge < -0.3 is 24.5 Å². The average molecular weight is 461 g/mol. The van der Waals surface area contributed by atoms with E-state index in [2.05, 4.69) is 4.99 Å². The Morgan fingerprint density at radius 2 is 0.806 bits per heavy atom. The van der Waals surface area contributed by atoms with Gasteiger partial charge in [0.15, 0.2) is 0 Å². The van der Waals surface area contributed by atoms with Crippen LogP contribution in [0.2, 0.25) is 0 Å². The fraction of sp³-hybridized carbons (Fsp3) is 0.750. The summed E-state index contributed by atoms with van der Waals surface area (Å²) in [5, 5.41) is 14.7. The number of nitrogens with zero attached hydrogens (tertiary/aromatic N) is 2. The Hall–Kier alpha value is -2.36. The maximum atomic E-state index is 9.44. The van der Waals surface area contributed by atoms with Gasteiger partial charge in [-0.3, -0.25) is 4.79 Å². The lowest BCUT2D eigenvalue weighted by molar-refractivity contribution is -0.134. The first kappa shape index (κ1) is 102. The normalized spacial score (nSPS) is 4.58. The molecular formula is C24H64N2O5. The van der Waals surface area contributed by atoms with E-state index in [1.807, 2.05) is 20.8 Å². The maximum absolute atomic E-state index is 9.44. The number of carbonyl (C=O) groups is 4. The third-order valence-corrected chi connectivity index (χ3v) is 0.258. The van der Waals surface area contributed by atoms with Crippen LogP contribution in [0, 0.1) is 11.3 Å². The molecule has 0 atom stereocenters. The summed E-state index contributed by atoms with van der Waals surface area (Å²) in [6.07, 6.45) is 2.50. The van der Waals surface area contributed by atoms with Crippen LogP contribution in [0.4, 0.5) is 0 Å². The van der Waals surface area contributed by atoms with Crippen LogP contribution < -0.4 is 0 Å². The number of carboxylic acids is 1. The quantitative estimate of drug-likeness (QED) is 0.287. The van der Waals surface area contributed by atoms with Crippen molar-refractivity contribution in [3.8, 4) is 6.07 Å². The summed E-state index contributed by atoms with van der Waals surface area (Å²) < 4.78 is 0. The lowest BCUT2D eigenvalue weighted by atomic mass is 10.6. The van der Waals surface area contributed by atoms with Crippen LogP contribution in [0.1, 0.15) is 121 Å². The van der Waals surface area contributed by atoms with Crippen molar-refractivity contribution in [2.45, 2.75) is 121 Å². The first-order valence-electron chi connectivity index (χ1n) is 7.16. The largest absolute Gasteiger partial charge is 0.481 e. The topological polar surface area (TPSA) is 125 Å². The van der Waals surface area contributed by atoms with Gasteiger partial charge in [-0.1, -0.05) is 65.8 Å². The zero-order valence-corrected chi connectivity index (χ0v) is 17.1. The van der Waals surface area contributed by atoms with Crippen LogP contribution in [-0.2, 0) is 19.2 Å². The summed E-state index contributed by atoms with van der Waals surface area (Å²) in [6.45, 7) is 16.0. The monoisotopic (exact) mass is 460 g/mol. The van der Waals surface area contributed by atoms with Crippen LogP contribution in [0.3, 0.4) is 0 Å². The van der Waals surface area contributed by atoms with E-state index in [0.717, 1.165) is 13.2 Å². The molecule has 0 rings (SSSR count). The second kappa shape index (κ2) is 173. The summed E-state index contributed by atoms with van der Waals surface area (Å²) in [7, 11) is 1.75. The van der Waals surface area contributed by atoms with Crippen LogP contribution in [0.25, 0.3) is 0 Å². The summed E-state index contributed by atoms with van der Waals surface area (Å²) in [5.74, 6) is -0.500. The smallest absolute Gasteiger partial charge is 0.300 e. The van der Waals surface area contributed by atoms with E-state index in [0.29, 0.717) is 0 Å². The molecule has 31 heavy (non-hydrogen) atoms. The maximum Gasteiger partial charge on any atom is 0.300 e. The molecule has 0 saturated heterocycles. The number of hydrogen-bond acceptors (Lipinski definition) is 6. The molecule has 0 bridgehead atoms. The molecule has 0 aliphatic rings. The van der Waals surface area contributed by atoms with E-state index in [1.54, 1.807) is 19.3 Å². The fourth-order valence-electron chi connectivity index (χ4n) is 0. The molecule has 200 valence electrons. The molecule has 0 aromatic carbocycles. The van der Waals surface area contributed by atoms with Gasteiger partial charge in [-0.2, -0.15) is 5.26 Å². The lowest BCUT2D eigenvalue weighted by Gasteiger charge is -1.59. The van der Waals surface area contributed by atoms with Gasteiger partial charge in [-0.05, 0) is 47.8 Å². The van der Waals surface area contributed by atoms with Gasteiger partial charge in [0.05, 0.1) is 6.07 Å². The first-order valence-corrected chi connectivity index (χ1v) is 7.16. The highest BCUT2D eigenvalue weighted by Gasteiger charge is 1.65. The third kappa shape index (κ3) is 9820. The van der Waals surface area contributed by atoms with E-state index in [1.165, 1.54) is 41.5 Å². The summed E-state index contributed by atoms with van der Waals surface area (Å²) in [6, 6.07) is 1.75. The number of ketones is 2. The molecule has 0 heterocycles. The predicted molar refractivity (Wildman–Crippen MR) is 148 cm³/mol. The van der Waals surface area contributed by atoms with Gasteiger partial charge in [0.1, 0.15) is 17.9 Å². The van der Waals surface area contributed by atoms with E-state index >= 15 is 0 Å². The molecule has 7 nitrogen and oxygen atoms in total. The van der Waals surface area contributed by atoms with E-state index in [-0.39, 0.29) is 63.6 Å². The molecule has 0 radical (unpaired) electrons. The minimum atomic E-state index is -0.833. The molecule has 0 aliphatic heterocycles. The summed E-state index contributed by atoms with van der Waals surface area (Å²) in [5.41, 5.74) is 0. The Labute approximate surface area is 199 Å². The van der Waals surface area contributed by atoms with Gasteiger partial charge >= 0.3 is 0 Å². The molecule has 0 unspecified atom stereocenters. The SMILES string of the molecule is C.C.C.C.C.C.C.CC.CC#N.CC(=O)O.CC(C)=O.CC(C)=O.CC=NC.CC=O. The van der Waals surface area contributed by atoms with Crippen molar-refractivity contribution in [3.05, 3.63) is 0 Å². The highest BCUT2D eigenvalue weighted by atomic mass is 16.4. The minimum Gasteiger partial charge on any atom is -0.481 e. The first-order chi connectivity index (χ1) is 10.9. The molecule has 0 aromatic rings. The van der Waals surface area contributed by atoms with E-state index in [9.17, 15) is 9.59 Å². The molecule has 1 N–H and O–H groups in total. The third-order valence-electron chi connectivity index (χ3n) is 0.258. The number of rotatable bonds is 0. The minimum absolute atomic E-state index is 0. The molecule has 7 heteroatoms. The lowest BCUT2D eigenvalue weighted by Crippen LogP contribution is -1.78. The van der Waals surface area contributed by atoms with E-state index < -0.39 is 5.97 Å². The zero-order valence-electron chi connectivity index (χ0n) is 17.1. The van der Waals surface area contributed by atoms with Gasteiger partial charge in [-0.25, -0.2) is 0 Å². The molecule has 0 saturated carbocycles. The number of Topliss-reactive ketones (excluding diaryl/α,β-unsaturated/α-hetero) is 2. The van der Waals surface area contributed by atoms with Crippen LogP contribution in [-0.4, -0.2) is 42.2 Å². The Morgan fingerprint density at radius 1 is 0.774 bits per heavy atom. The standard InChI is InChI=1S/C3H7N.2C3H6O.C2H3N.C2H4O2.C2H4O.C2H6.7CH4/c1-3-4-2;2*1-3(2)4;1-2-3;1-2(3)4;1-2-3;1-2;;;;;;;/h3H,1-2H3;2*1-2H3;1H3;1H3,(H,3,4);2H,1H3;1-2H3;7*1H4. The van der Waals surface area contributed by atoms with E-state index in [4.69, 9.17) is 20.0 Å².